The van der Waals surface area contributed by atoms with Gasteiger partial charge in [0, 0.05) is 24.2 Å². The highest BCUT2D eigenvalue weighted by Gasteiger charge is 2.16. The SMILES string of the molecule is CCC(C)n1ccc(CC(O)c2cc(Br)sc2Br)n1. The first-order valence-electron chi connectivity index (χ1n) is 6.18. The standard InChI is InChI=1S/C13H16Br2N2OS/c1-3-8(2)17-5-4-9(16-17)6-11(18)10-7-12(14)19-13(10)15/h4-5,7-8,11,18H,3,6H2,1-2H3. The molecule has 0 fully saturated rings. The molecular formula is C13H16Br2N2OS. The fraction of sp³-hybridized carbons (Fsp3) is 0.462. The zero-order valence-electron chi connectivity index (χ0n) is 10.8. The molecule has 2 atom stereocenters. The average molecular weight is 408 g/mol. The number of hydrogen-bond donors (Lipinski definition) is 1. The van der Waals surface area contributed by atoms with Gasteiger partial charge in [-0.25, -0.2) is 0 Å². The van der Waals surface area contributed by atoms with Crippen molar-refractivity contribution >= 4 is 43.2 Å². The zero-order valence-corrected chi connectivity index (χ0v) is 14.8. The highest BCUT2D eigenvalue weighted by molar-refractivity contribution is 9.12. The minimum atomic E-state index is -0.530. The Morgan fingerprint density at radius 2 is 2.21 bits per heavy atom. The van der Waals surface area contributed by atoms with E-state index in [-0.39, 0.29) is 0 Å². The van der Waals surface area contributed by atoms with Gasteiger partial charge in [0.05, 0.1) is 19.4 Å². The van der Waals surface area contributed by atoms with Gasteiger partial charge in [0.25, 0.3) is 0 Å². The van der Waals surface area contributed by atoms with Crippen LogP contribution in [0.2, 0.25) is 0 Å². The Morgan fingerprint density at radius 3 is 2.79 bits per heavy atom. The molecule has 0 spiro atoms. The van der Waals surface area contributed by atoms with Crippen LogP contribution in [-0.2, 0) is 6.42 Å². The molecule has 3 nitrogen and oxygen atoms in total. The number of rotatable bonds is 5. The first kappa shape index (κ1) is 15.2. The summed E-state index contributed by atoms with van der Waals surface area (Å²) in [7, 11) is 0. The van der Waals surface area contributed by atoms with Crippen LogP contribution in [0.25, 0.3) is 0 Å². The van der Waals surface area contributed by atoms with Gasteiger partial charge in [0.15, 0.2) is 0 Å². The third-order valence-corrected chi connectivity index (χ3v) is 5.54. The molecule has 0 radical (unpaired) electrons. The number of halogens is 2. The van der Waals surface area contributed by atoms with Crippen LogP contribution in [0.3, 0.4) is 0 Å². The van der Waals surface area contributed by atoms with Crippen molar-refractivity contribution in [3.63, 3.8) is 0 Å². The monoisotopic (exact) mass is 406 g/mol. The smallest absolute Gasteiger partial charge is 0.0865 e. The van der Waals surface area contributed by atoms with Gasteiger partial charge < -0.3 is 5.11 Å². The van der Waals surface area contributed by atoms with E-state index in [4.69, 9.17) is 0 Å². The van der Waals surface area contributed by atoms with Crippen molar-refractivity contribution in [2.45, 2.75) is 38.8 Å². The topological polar surface area (TPSA) is 38.0 Å². The summed E-state index contributed by atoms with van der Waals surface area (Å²) in [6.07, 6.45) is 3.03. The van der Waals surface area contributed by atoms with E-state index in [1.54, 1.807) is 11.3 Å². The molecule has 2 aromatic rings. The van der Waals surface area contributed by atoms with Gasteiger partial charge in [-0.15, -0.1) is 11.3 Å². The van der Waals surface area contributed by atoms with Crippen LogP contribution in [0.1, 0.15) is 43.7 Å². The molecule has 0 aliphatic carbocycles. The molecule has 2 aromatic heterocycles. The lowest BCUT2D eigenvalue weighted by atomic mass is 10.1. The molecule has 19 heavy (non-hydrogen) atoms. The quantitative estimate of drug-likeness (QED) is 0.778. The first-order chi connectivity index (χ1) is 9.01. The van der Waals surface area contributed by atoms with Gasteiger partial charge in [-0.2, -0.15) is 5.10 Å². The van der Waals surface area contributed by atoms with Crippen molar-refractivity contribution in [2.75, 3.05) is 0 Å². The van der Waals surface area contributed by atoms with E-state index in [2.05, 4.69) is 50.8 Å². The average Bonchev–Trinajstić information content (AvgIpc) is 2.95. The molecule has 0 saturated heterocycles. The van der Waals surface area contributed by atoms with Crippen molar-refractivity contribution < 1.29 is 5.11 Å². The fourth-order valence-corrected chi connectivity index (χ4v) is 4.76. The highest BCUT2D eigenvalue weighted by atomic mass is 79.9. The third kappa shape index (κ3) is 3.68. The van der Waals surface area contributed by atoms with Gasteiger partial charge in [-0.05, 0) is 57.3 Å². The van der Waals surface area contributed by atoms with Gasteiger partial charge >= 0.3 is 0 Å². The number of aromatic nitrogens is 2. The van der Waals surface area contributed by atoms with Crippen LogP contribution in [0.4, 0.5) is 0 Å². The van der Waals surface area contributed by atoms with Crippen LogP contribution < -0.4 is 0 Å². The van der Waals surface area contributed by atoms with Gasteiger partial charge in [0.2, 0.25) is 0 Å². The number of nitrogens with zero attached hydrogens (tertiary/aromatic N) is 2. The van der Waals surface area contributed by atoms with Crippen LogP contribution in [0.5, 0.6) is 0 Å². The Hall–Kier alpha value is -0.170. The lowest BCUT2D eigenvalue weighted by Gasteiger charge is -2.10. The largest absolute Gasteiger partial charge is 0.388 e. The Kier molecular flexibility index (Phi) is 5.22. The maximum absolute atomic E-state index is 10.3. The van der Waals surface area contributed by atoms with Crippen molar-refractivity contribution in [3.05, 3.63) is 37.2 Å². The molecule has 2 rings (SSSR count). The fourth-order valence-electron chi connectivity index (χ4n) is 1.81. The van der Waals surface area contributed by atoms with E-state index < -0.39 is 6.10 Å². The Morgan fingerprint density at radius 1 is 1.47 bits per heavy atom. The summed E-state index contributed by atoms with van der Waals surface area (Å²) < 4.78 is 3.94. The molecule has 6 heteroatoms. The summed E-state index contributed by atoms with van der Waals surface area (Å²) in [4.78, 5) is 0. The van der Waals surface area contributed by atoms with E-state index in [1.807, 2.05) is 23.0 Å². The lowest BCUT2D eigenvalue weighted by molar-refractivity contribution is 0.176. The maximum atomic E-state index is 10.3. The molecule has 0 saturated carbocycles. The number of thiophene rings is 1. The second-order valence-corrected chi connectivity index (χ2v) is 8.29. The Labute approximate surface area is 133 Å². The predicted molar refractivity (Wildman–Crippen MR) is 85.6 cm³/mol. The van der Waals surface area contributed by atoms with Crippen LogP contribution in [0.15, 0.2) is 25.9 Å². The zero-order chi connectivity index (χ0) is 14.0. The van der Waals surface area contributed by atoms with E-state index in [0.717, 1.165) is 25.3 Å². The lowest BCUT2D eigenvalue weighted by Crippen LogP contribution is -2.06. The summed E-state index contributed by atoms with van der Waals surface area (Å²) in [5.74, 6) is 0. The van der Waals surface area contributed by atoms with E-state index >= 15 is 0 Å². The molecule has 0 aliphatic heterocycles. The third-order valence-electron chi connectivity index (χ3n) is 3.15. The van der Waals surface area contributed by atoms with Gasteiger partial charge in [-0.1, -0.05) is 6.92 Å². The second-order valence-electron chi connectivity index (χ2n) is 4.54. The first-order valence-corrected chi connectivity index (χ1v) is 8.58. The van der Waals surface area contributed by atoms with Gasteiger partial charge in [-0.3, -0.25) is 4.68 Å². The van der Waals surface area contributed by atoms with Crippen molar-refractivity contribution in [2.24, 2.45) is 0 Å². The second kappa shape index (κ2) is 6.52. The molecule has 1 N–H and O–H groups in total. The molecule has 0 aliphatic rings. The number of aliphatic hydroxyl groups is 1. The van der Waals surface area contributed by atoms with E-state index in [9.17, 15) is 5.11 Å². The summed E-state index contributed by atoms with van der Waals surface area (Å²) in [6, 6.07) is 4.32. The maximum Gasteiger partial charge on any atom is 0.0865 e. The van der Waals surface area contributed by atoms with E-state index in [0.29, 0.717) is 12.5 Å². The summed E-state index contributed by atoms with van der Waals surface area (Å²) in [6.45, 7) is 4.28. The molecule has 2 unspecified atom stereocenters. The molecular weight excluding hydrogens is 392 g/mol. The minimum absolute atomic E-state index is 0.396. The normalized spacial score (nSPS) is 14.6. The molecule has 2 heterocycles. The van der Waals surface area contributed by atoms with Crippen molar-refractivity contribution in [1.82, 2.24) is 9.78 Å². The summed E-state index contributed by atoms with van der Waals surface area (Å²) >= 11 is 8.47. The van der Waals surface area contributed by atoms with E-state index in [1.165, 1.54) is 0 Å². The Bertz CT molecular complexity index is 553. The molecule has 0 aromatic carbocycles. The van der Waals surface area contributed by atoms with Crippen LogP contribution in [-0.4, -0.2) is 14.9 Å². The van der Waals surface area contributed by atoms with Crippen LogP contribution in [0, 0.1) is 0 Å². The summed E-state index contributed by atoms with van der Waals surface area (Å²) in [5, 5.41) is 14.8. The van der Waals surface area contributed by atoms with Crippen molar-refractivity contribution in [1.29, 1.82) is 0 Å². The molecule has 0 amide bonds. The molecule has 104 valence electrons. The van der Waals surface area contributed by atoms with Crippen LogP contribution >= 0.6 is 43.2 Å². The Balaban J connectivity index is 2.08. The predicted octanol–water partition coefficient (Wildman–Crippen LogP) is 4.72. The van der Waals surface area contributed by atoms with Gasteiger partial charge in [0.1, 0.15) is 0 Å². The van der Waals surface area contributed by atoms with Crippen molar-refractivity contribution in [3.8, 4) is 0 Å². The number of hydrogen-bond acceptors (Lipinski definition) is 3. The minimum Gasteiger partial charge on any atom is -0.388 e. The molecule has 0 bridgehead atoms. The highest BCUT2D eigenvalue weighted by Crippen LogP contribution is 2.36. The number of aliphatic hydroxyl groups excluding tert-OH is 1. The summed E-state index contributed by atoms with van der Waals surface area (Å²) in [5.41, 5.74) is 1.83.